The largest absolute Gasteiger partial charge is 0.480 e. The zero-order valence-electron chi connectivity index (χ0n) is 8.64. The number of urea groups is 1. The number of carboxylic acids is 1. The first-order valence-electron chi connectivity index (χ1n) is 4.40. The molecule has 1 rings (SSSR count). The average Bonchev–Trinajstić information content (AvgIpc) is 2.66. The van der Waals surface area contributed by atoms with E-state index in [0.29, 0.717) is 0 Å². The van der Waals surface area contributed by atoms with E-state index >= 15 is 0 Å². The van der Waals surface area contributed by atoms with E-state index in [4.69, 9.17) is 5.11 Å². The Morgan fingerprint density at radius 3 is 2.61 bits per heavy atom. The first-order chi connectivity index (χ1) is 8.28. The van der Waals surface area contributed by atoms with Crippen molar-refractivity contribution in [1.82, 2.24) is 14.5 Å². The van der Waals surface area contributed by atoms with Crippen LogP contribution in [0.5, 0.6) is 0 Å². The van der Waals surface area contributed by atoms with Gasteiger partial charge in [0, 0.05) is 11.5 Å². The van der Waals surface area contributed by atoms with Crippen LogP contribution in [0, 0.1) is 0 Å². The number of halogens is 3. The van der Waals surface area contributed by atoms with Gasteiger partial charge in [0.15, 0.2) is 0 Å². The maximum Gasteiger partial charge on any atom is 0.406 e. The molecule has 0 saturated carbocycles. The summed E-state index contributed by atoms with van der Waals surface area (Å²) < 4.78 is 39.9. The highest BCUT2D eigenvalue weighted by molar-refractivity contribution is 7.10. The number of amides is 2. The molecule has 0 unspecified atom stereocenters. The lowest BCUT2D eigenvalue weighted by atomic mass is 10.5. The molecule has 1 aromatic rings. The molecule has 100 valence electrons. The van der Waals surface area contributed by atoms with Crippen LogP contribution in [-0.4, -0.2) is 50.9 Å². The lowest BCUT2D eigenvalue weighted by molar-refractivity contribution is -0.148. The third-order valence-corrected chi connectivity index (χ3v) is 2.16. The first kappa shape index (κ1) is 14.2. The Hall–Kier alpha value is -1.91. The van der Waals surface area contributed by atoms with Crippen LogP contribution in [0.25, 0.3) is 0 Å². The Kier molecular flexibility index (Phi) is 4.42. The van der Waals surface area contributed by atoms with E-state index < -0.39 is 31.3 Å². The Morgan fingerprint density at radius 1 is 1.50 bits per heavy atom. The van der Waals surface area contributed by atoms with Gasteiger partial charge in [-0.1, -0.05) is 4.49 Å². The summed E-state index contributed by atoms with van der Waals surface area (Å²) in [7, 11) is 0. The second-order valence-electron chi connectivity index (χ2n) is 3.08. The quantitative estimate of drug-likeness (QED) is 0.860. The Morgan fingerprint density at radius 2 is 2.17 bits per heavy atom. The summed E-state index contributed by atoms with van der Waals surface area (Å²) in [6, 6.07) is -1.18. The number of anilines is 1. The van der Waals surface area contributed by atoms with Gasteiger partial charge in [-0.15, -0.1) is 5.10 Å². The molecule has 0 aliphatic heterocycles. The number of hydrogen-bond acceptors (Lipinski definition) is 5. The molecule has 0 aliphatic carbocycles. The van der Waals surface area contributed by atoms with Crippen molar-refractivity contribution >= 4 is 28.5 Å². The predicted molar refractivity (Wildman–Crippen MR) is 54.2 cm³/mol. The zero-order valence-corrected chi connectivity index (χ0v) is 9.46. The van der Waals surface area contributed by atoms with Crippen molar-refractivity contribution in [3.05, 3.63) is 6.20 Å². The molecule has 0 bridgehead atoms. The summed E-state index contributed by atoms with van der Waals surface area (Å²) in [5.41, 5.74) is 0. The Labute approximate surface area is 102 Å². The van der Waals surface area contributed by atoms with E-state index in [-0.39, 0.29) is 9.90 Å². The molecule has 0 saturated heterocycles. The van der Waals surface area contributed by atoms with Gasteiger partial charge in [0.25, 0.3) is 0 Å². The smallest absolute Gasteiger partial charge is 0.406 e. The molecule has 0 atom stereocenters. The van der Waals surface area contributed by atoms with Crippen LogP contribution >= 0.6 is 11.5 Å². The number of aliphatic carboxylic acids is 1. The van der Waals surface area contributed by atoms with E-state index in [1.807, 2.05) is 0 Å². The summed E-state index contributed by atoms with van der Waals surface area (Å²) in [5.74, 6) is -1.54. The van der Waals surface area contributed by atoms with Crippen molar-refractivity contribution in [3.8, 4) is 0 Å². The fraction of sp³-hybridized carbons (Fsp3) is 0.429. The maximum atomic E-state index is 12.2. The van der Waals surface area contributed by atoms with E-state index in [9.17, 15) is 22.8 Å². The van der Waals surface area contributed by atoms with Crippen molar-refractivity contribution in [2.24, 2.45) is 0 Å². The van der Waals surface area contributed by atoms with Crippen LogP contribution in [0.4, 0.5) is 23.0 Å². The van der Waals surface area contributed by atoms with Gasteiger partial charge in [-0.3, -0.25) is 10.1 Å². The van der Waals surface area contributed by atoms with Gasteiger partial charge < -0.3 is 10.0 Å². The summed E-state index contributed by atoms with van der Waals surface area (Å²) in [4.78, 5) is 21.9. The van der Waals surface area contributed by atoms with Gasteiger partial charge in [-0.05, 0) is 0 Å². The molecule has 0 spiro atoms. The molecule has 0 aliphatic rings. The van der Waals surface area contributed by atoms with Gasteiger partial charge >= 0.3 is 18.2 Å². The highest BCUT2D eigenvalue weighted by Gasteiger charge is 2.34. The molecule has 2 amide bonds. The molecule has 1 heterocycles. The molecule has 7 nitrogen and oxygen atoms in total. The second kappa shape index (κ2) is 5.62. The van der Waals surface area contributed by atoms with Gasteiger partial charge in [-0.2, -0.15) is 13.2 Å². The first-order valence-corrected chi connectivity index (χ1v) is 5.17. The van der Waals surface area contributed by atoms with E-state index in [2.05, 4.69) is 14.9 Å². The topological polar surface area (TPSA) is 95.4 Å². The minimum Gasteiger partial charge on any atom is -0.480 e. The molecule has 2 N–H and O–H groups in total. The van der Waals surface area contributed by atoms with Crippen LogP contribution < -0.4 is 5.32 Å². The Balaban J connectivity index is 2.69. The molecule has 18 heavy (non-hydrogen) atoms. The van der Waals surface area contributed by atoms with E-state index in [0.717, 1.165) is 17.7 Å². The third kappa shape index (κ3) is 4.95. The highest BCUT2D eigenvalue weighted by Crippen LogP contribution is 2.17. The minimum absolute atomic E-state index is 0.123. The van der Waals surface area contributed by atoms with Crippen LogP contribution in [0.3, 0.4) is 0 Å². The number of aromatic nitrogens is 2. The number of carbonyl (C=O) groups excluding carboxylic acids is 1. The number of nitrogens with zero attached hydrogens (tertiary/aromatic N) is 3. The summed E-state index contributed by atoms with van der Waals surface area (Å²) in [5, 5.41) is 14.0. The molecular formula is C7H7F3N4O3S. The second-order valence-corrected chi connectivity index (χ2v) is 3.86. The van der Waals surface area contributed by atoms with Gasteiger partial charge in [0.2, 0.25) is 0 Å². The van der Waals surface area contributed by atoms with Crippen LogP contribution in [0.15, 0.2) is 6.20 Å². The Bertz CT molecular complexity index is 422. The molecule has 0 radical (unpaired) electrons. The van der Waals surface area contributed by atoms with Gasteiger partial charge in [0.1, 0.15) is 18.1 Å². The predicted octanol–water partition coefficient (Wildman–Crippen LogP) is 1.02. The minimum atomic E-state index is -4.68. The lowest BCUT2D eigenvalue weighted by Crippen LogP contribution is -2.44. The van der Waals surface area contributed by atoms with Crippen LogP contribution in [0.1, 0.15) is 0 Å². The highest BCUT2D eigenvalue weighted by atomic mass is 32.1. The van der Waals surface area contributed by atoms with Crippen molar-refractivity contribution in [3.63, 3.8) is 0 Å². The molecule has 1 aromatic heterocycles. The number of alkyl halides is 3. The normalized spacial score (nSPS) is 11.1. The molecular weight excluding hydrogens is 277 g/mol. The standard InChI is InChI=1S/C7H7F3N4O3S/c8-7(9,10)3-14(2-5(15)16)6(17)12-4-1-11-13-18-4/h1H,2-3H2,(H,12,17)(H,15,16). The fourth-order valence-corrected chi connectivity index (χ4v) is 1.40. The summed E-state index contributed by atoms with van der Waals surface area (Å²) >= 11 is 0.757. The van der Waals surface area contributed by atoms with Crippen LogP contribution in [-0.2, 0) is 4.79 Å². The third-order valence-electron chi connectivity index (χ3n) is 1.57. The molecule has 0 fully saturated rings. The van der Waals surface area contributed by atoms with Crippen molar-refractivity contribution in [2.75, 3.05) is 18.4 Å². The summed E-state index contributed by atoms with van der Waals surface area (Å²) in [6.07, 6.45) is -3.55. The van der Waals surface area contributed by atoms with Crippen molar-refractivity contribution < 1.29 is 27.9 Å². The number of rotatable bonds is 4. The average molecular weight is 284 g/mol. The number of hydrogen-bond donors (Lipinski definition) is 2. The SMILES string of the molecule is O=C(O)CN(CC(F)(F)F)C(=O)Nc1cnns1. The lowest BCUT2D eigenvalue weighted by Gasteiger charge is -2.21. The van der Waals surface area contributed by atoms with Gasteiger partial charge in [-0.25, -0.2) is 4.79 Å². The van der Waals surface area contributed by atoms with Crippen molar-refractivity contribution in [1.29, 1.82) is 0 Å². The van der Waals surface area contributed by atoms with Crippen molar-refractivity contribution in [2.45, 2.75) is 6.18 Å². The van der Waals surface area contributed by atoms with Gasteiger partial charge in [0.05, 0.1) is 6.20 Å². The monoisotopic (exact) mass is 284 g/mol. The maximum absolute atomic E-state index is 12.2. The molecule has 0 aromatic carbocycles. The number of nitrogens with one attached hydrogen (secondary N) is 1. The number of carbonyl (C=O) groups is 2. The van der Waals surface area contributed by atoms with Crippen LogP contribution in [0.2, 0.25) is 0 Å². The van der Waals surface area contributed by atoms with E-state index in [1.54, 1.807) is 0 Å². The number of carboxylic acid groups (broad SMARTS) is 1. The summed E-state index contributed by atoms with van der Waals surface area (Å²) in [6.45, 7) is -2.71. The van der Waals surface area contributed by atoms with E-state index in [1.165, 1.54) is 0 Å². The molecule has 11 heteroatoms. The zero-order chi connectivity index (χ0) is 13.8. The fourth-order valence-electron chi connectivity index (χ4n) is 0.986.